The van der Waals surface area contributed by atoms with Crippen molar-refractivity contribution in [3.63, 3.8) is 0 Å². The van der Waals surface area contributed by atoms with E-state index in [0.717, 1.165) is 18.2 Å². The minimum atomic E-state index is -1.05. The normalized spacial score (nSPS) is 15.4. The molecule has 104 valence electrons. The lowest BCUT2D eigenvalue weighted by Crippen LogP contribution is -2.47. The average molecular weight is 291 g/mol. The number of rotatable bonds is 3. The molecule has 1 fully saturated rings. The van der Waals surface area contributed by atoms with Crippen molar-refractivity contribution in [3.05, 3.63) is 29.7 Å². The third-order valence-electron chi connectivity index (χ3n) is 3.15. The molecule has 8 heteroatoms. The van der Waals surface area contributed by atoms with Gasteiger partial charge in [-0.3, -0.25) is 0 Å². The minimum absolute atomic E-state index is 0.00944. The second-order valence-electron chi connectivity index (χ2n) is 4.32. The van der Waals surface area contributed by atoms with Crippen molar-refractivity contribution < 1.29 is 9.90 Å². The summed E-state index contributed by atoms with van der Waals surface area (Å²) in [6.45, 7) is 3.00. The van der Waals surface area contributed by atoms with Gasteiger partial charge in [0.25, 0.3) is 0 Å². The summed E-state index contributed by atoms with van der Waals surface area (Å²) in [7, 11) is 0. The highest BCUT2D eigenvalue weighted by atomic mass is 32.1. The van der Waals surface area contributed by atoms with Crippen LogP contribution in [0.1, 0.15) is 10.5 Å². The smallest absolute Gasteiger partial charge is 0.358 e. The Morgan fingerprint density at radius 1 is 1.05 bits per heavy atom. The van der Waals surface area contributed by atoms with Crippen LogP contribution in [0.25, 0.3) is 0 Å². The molecule has 0 atom stereocenters. The van der Waals surface area contributed by atoms with Crippen molar-refractivity contribution in [1.29, 1.82) is 0 Å². The topological polar surface area (TPSA) is 82.4 Å². The predicted molar refractivity (Wildman–Crippen MR) is 75.5 cm³/mol. The van der Waals surface area contributed by atoms with Crippen LogP contribution >= 0.6 is 11.3 Å². The fraction of sp³-hybridized carbons (Fsp3) is 0.333. The summed E-state index contributed by atoms with van der Waals surface area (Å²) in [5.74, 6) is -0.603. The van der Waals surface area contributed by atoms with E-state index in [0.29, 0.717) is 18.9 Å². The molecule has 1 aliphatic rings. The summed E-state index contributed by atoms with van der Waals surface area (Å²) < 4.78 is 0. The zero-order chi connectivity index (χ0) is 13.9. The number of hydrogen-bond acceptors (Lipinski definition) is 7. The number of anilines is 2. The summed E-state index contributed by atoms with van der Waals surface area (Å²) in [6, 6.07) is 0. The van der Waals surface area contributed by atoms with Crippen LogP contribution in [0.15, 0.2) is 24.0 Å². The molecule has 1 N–H and O–H groups in total. The van der Waals surface area contributed by atoms with E-state index in [1.807, 2.05) is 10.3 Å². The Bertz CT molecular complexity index is 596. The molecule has 20 heavy (non-hydrogen) atoms. The maximum atomic E-state index is 11.2. The Morgan fingerprint density at radius 2 is 1.75 bits per heavy atom. The van der Waals surface area contributed by atoms with E-state index in [1.165, 1.54) is 12.4 Å². The number of hydrogen-bond donors (Lipinski definition) is 1. The van der Waals surface area contributed by atoms with Gasteiger partial charge in [-0.25, -0.2) is 19.7 Å². The molecule has 1 aliphatic heterocycles. The summed E-state index contributed by atoms with van der Waals surface area (Å²) in [6.07, 6.45) is 4.71. The lowest BCUT2D eigenvalue weighted by Gasteiger charge is -2.35. The Labute approximate surface area is 119 Å². The number of aromatic nitrogens is 3. The molecule has 7 nitrogen and oxygen atoms in total. The van der Waals surface area contributed by atoms with Crippen LogP contribution in [0.2, 0.25) is 0 Å². The van der Waals surface area contributed by atoms with Crippen LogP contribution < -0.4 is 9.80 Å². The molecule has 0 aliphatic carbocycles. The highest BCUT2D eigenvalue weighted by molar-refractivity contribution is 7.13. The van der Waals surface area contributed by atoms with E-state index in [-0.39, 0.29) is 5.69 Å². The average Bonchev–Trinajstić information content (AvgIpc) is 3.02. The lowest BCUT2D eigenvalue weighted by molar-refractivity contribution is 0.0690. The van der Waals surface area contributed by atoms with Gasteiger partial charge in [-0.2, -0.15) is 0 Å². The van der Waals surface area contributed by atoms with Gasteiger partial charge < -0.3 is 14.9 Å². The maximum absolute atomic E-state index is 11.2. The highest BCUT2D eigenvalue weighted by Gasteiger charge is 2.24. The number of carbonyl (C=O) groups is 1. The Hall–Kier alpha value is -2.22. The third-order valence-corrected chi connectivity index (χ3v) is 3.98. The summed E-state index contributed by atoms with van der Waals surface area (Å²) in [5.41, 5.74) is 0.00944. The van der Waals surface area contributed by atoms with E-state index in [9.17, 15) is 4.79 Å². The SMILES string of the molecule is O=C(O)c1nccnc1N1CCN(c2nccs2)CC1. The van der Waals surface area contributed by atoms with Crippen molar-refractivity contribution in [2.75, 3.05) is 36.0 Å². The zero-order valence-corrected chi connectivity index (χ0v) is 11.5. The van der Waals surface area contributed by atoms with Crippen LogP contribution in [0.5, 0.6) is 0 Å². The van der Waals surface area contributed by atoms with E-state index >= 15 is 0 Å². The van der Waals surface area contributed by atoms with Crippen molar-refractivity contribution in [1.82, 2.24) is 15.0 Å². The first-order valence-electron chi connectivity index (χ1n) is 6.19. The van der Waals surface area contributed by atoms with Crippen LogP contribution in [-0.4, -0.2) is 52.2 Å². The molecule has 0 bridgehead atoms. The van der Waals surface area contributed by atoms with E-state index < -0.39 is 5.97 Å². The van der Waals surface area contributed by atoms with E-state index in [1.54, 1.807) is 17.5 Å². The number of thiazole rings is 1. The Balaban J connectivity index is 1.74. The molecule has 0 radical (unpaired) electrons. The molecule has 0 amide bonds. The van der Waals surface area contributed by atoms with Gasteiger partial charge >= 0.3 is 5.97 Å². The highest BCUT2D eigenvalue weighted by Crippen LogP contribution is 2.22. The Morgan fingerprint density at radius 3 is 2.40 bits per heavy atom. The molecule has 3 rings (SSSR count). The molecule has 0 saturated carbocycles. The van der Waals surface area contributed by atoms with Crippen molar-refractivity contribution in [2.24, 2.45) is 0 Å². The molecular weight excluding hydrogens is 278 g/mol. The molecule has 0 spiro atoms. The fourth-order valence-corrected chi connectivity index (χ4v) is 2.89. The van der Waals surface area contributed by atoms with Crippen LogP contribution in [0, 0.1) is 0 Å². The van der Waals surface area contributed by atoms with E-state index in [2.05, 4.69) is 19.9 Å². The van der Waals surface area contributed by atoms with Gasteiger partial charge in [-0.15, -0.1) is 11.3 Å². The first-order valence-corrected chi connectivity index (χ1v) is 7.07. The lowest BCUT2D eigenvalue weighted by atomic mass is 10.3. The summed E-state index contributed by atoms with van der Waals surface area (Å²) in [5, 5.41) is 12.1. The number of carboxylic acids is 1. The second kappa shape index (κ2) is 5.41. The quantitative estimate of drug-likeness (QED) is 0.901. The molecular formula is C12H13N5O2S. The number of carboxylic acid groups (broad SMARTS) is 1. The van der Waals surface area contributed by atoms with Gasteiger partial charge in [0.2, 0.25) is 0 Å². The number of nitrogens with zero attached hydrogens (tertiary/aromatic N) is 5. The van der Waals surface area contributed by atoms with Crippen LogP contribution in [0.3, 0.4) is 0 Å². The third kappa shape index (κ3) is 2.42. The van der Waals surface area contributed by atoms with Crippen LogP contribution in [-0.2, 0) is 0 Å². The minimum Gasteiger partial charge on any atom is -0.476 e. The van der Waals surface area contributed by atoms with Gasteiger partial charge in [-0.05, 0) is 0 Å². The van der Waals surface area contributed by atoms with Gasteiger partial charge in [0, 0.05) is 50.1 Å². The van der Waals surface area contributed by atoms with Gasteiger partial charge in [0.15, 0.2) is 16.6 Å². The van der Waals surface area contributed by atoms with Crippen molar-refractivity contribution in [3.8, 4) is 0 Å². The maximum Gasteiger partial charge on any atom is 0.358 e. The number of piperazine rings is 1. The predicted octanol–water partition coefficient (Wildman–Crippen LogP) is 0.958. The van der Waals surface area contributed by atoms with Gasteiger partial charge in [0.05, 0.1) is 0 Å². The standard InChI is InChI=1S/C12H13N5O2S/c18-11(19)9-10(14-2-1-13-9)16-4-6-17(7-5-16)12-15-3-8-20-12/h1-3,8H,4-7H2,(H,18,19). The first kappa shape index (κ1) is 12.8. The Kier molecular flexibility index (Phi) is 3.46. The number of aromatic carboxylic acids is 1. The van der Waals surface area contributed by atoms with Crippen molar-refractivity contribution in [2.45, 2.75) is 0 Å². The monoisotopic (exact) mass is 291 g/mol. The van der Waals surface area contributed by atoms with E-state index in [4.69, 9.17) is 5.11 Å². The largest absolute Gasteiger partial charge is 0.476 e. The zero-order valence-electron chi connectivity index (χ0n) is 10.6. The van der Waals surface area contributed by atoms with Gasteiger partial charge in [-0.1, -0.05) is 0 Å². The molecule has 0 unspecified atom stereocenters. The fourth-order valence-electron chi connectivity index (χ4n) is 2.19. The molecule has 1 saturated heterocycles. The molecule has 0 aromatic carbocycles. The molecule has 3 heterocycles. The molecule has 2 aromatic heterocycles. The molecule has 2 aromatic rings. The van der Waals surface area contributed by atoms with Gasteiger partial charge in [0.1, 0.15) is 0 Å². The summed E-state index contributed by atoms with van der Waals surface area (Å²) in [4.78, 5) is 27.7. The second-order valence-corrected chi connectivity index (χ2v) is 5.20. The summed E-state index contributed by atoms with van der Waals surface area (Å²) >= 11 is 1.61. The van der Waals surface area contributed by atoms with Crippen LogP contribution in [0.4, 0.5) is 10.9 Å². The van der Waals surface area contributed by atoms with Crippen molar-refractivity contribution >= 4 is 28.3 Å². The first-order chi connectivity index (χ1) is 9.75.